The fourth-order valence-corrected chi connectivity index (χ4v) is 2.56. The van der Waals surface area contributed by atoms with E-state index >= 15 is 0 Å². The minimum absolute atomic E-state index is 0.0481. The molecule has 0 spiro atoms. The van der Waals surface area contributed by atoms with Gasteiger partial charge < -0.3 is 5.11 Å². The summed E-state index contributed by atoms with van der Waals surface area (Å²) >= 11 is 12.2. The first-order valence-corrected chi connectivity index (χ1v) is 6.82. The van der Waals surface area contributed by atoms with Crippen LogP contribution in [0.2, 0.25) is 10.0 Å². The van der Waals surface area contributed by atoms with Crippen molar-refractivity contribution in [2.75, 3.05) is 6.54 Å². The second kappa shape index (κ2) is 6.12. The first-order chi connectivity index (χ1) is 8.62. The highest BCUT2D eigenvalue weighted by Crippen LogP contribution is 2.33. The van der Waals surface area contributed by atoms with Crippen LogP contribution < -0.4 is 0 Å². The second-order valence-electron chi connectivity index (χ2n) is 5.53. The highest BCUT2D eigenvalue weighted by Gasteiger charge is 2.30. The van der Waals surface area contributed by atoms with Crippen molar-refractivity contribution in [3.63, 3.8) is 0 Å². The normalized spacial score (nSPS) is 13.6. The molecule has 1 unspecified atom stereocenters. The van der Waals surface area contributed by atoms with Crippen molar-refractivity contribution in [2.24, 2.45) is 0 Å². The van der Waals surface area contributed by atoms with Crippen molar-refractivity contribution >= 4 is 29.2 Å². The predicted octanol–water partition coefficient (Wildman–Crippen LogP) is 4.24. The lowest BCUT2D eigenvalue weighted by Gasteiger charge is -2.39. The topological polar surface area (TPSA) is 40.5 Å². The molecule has 1 atom stereocenters. The van der Waals surface area contributed by atoms with Crippen molar-refractivity contribution in [1.29, 1.82) is 0 Å². The van der Waals surface area contributed by atoms with Gasteiger partial charge in [-0.25, -0.2) is 0 Å². The van der Waals surface area contributed by atoms with E-state index in [1.807, 2.05) is 32.6 Å². The molecule has 0 aliphatic heterocycles. The molecule has 106 valence electrons. The molecule has 5 heteroatoms. The molecular weight excluding hydrogens is 285 g/mol. The number of halogens is 2. The summed E-state index contributed by atoms with van der Waals surface area (Å²) in [6.07, 6.45) is 0. The van der Waals surface area contributed by atoms with Gasteiger partial charge in [-0.15, -0.1) is 0 Å². The van der Waals surface area contributed by atoms with Gasteiger partial charge in [0.05, 0.1) is 6.54 Å². The van der Waals surface area contributed by atoms with Gasteiger partial charge in [0.2, 0.25) is 0 Å². The molecule has 1 N–H and O–H groups in total. The number of nitrogens with zero attached hydrogens (tertiary/aromatic N) is 1. The standard InChI is InChI=1S/C14H19Cl2NO2/c1-9(11-7-10(15)5-6-12(11)16)17(8-13(18)19)14(2,3)4/h5-7,9H,8H2,1-4H3,(H,18,19). The maximum atomic E-state index is 11.0. The molecule has 0 amide bonds. The lowest BCUT2D eigenvalue weighted by molar-refractivity contribution is -0.140. The van der Waals surface area contributed by atoms with Crippen LogP contribution in [0.15, 0.2) is 18.2 Å². The summed E-state index contributed by atoms with van der Waals surface area (Å²) in [5.74, 6) is -0.861. The van der Waals surface area contributed by atoms with E-state index in [1.165, 1.54) is 0 Å². The number of carboxylic acid groups (broad SMARTS) is 1. The fraction of sp³-hybridized carbons (Fsp3) is 0.500. The quantitative estimate of drug-likeness (QED) is 0.904. The number of carboxylic acids is 1. The third-order valence-electron chi connectivity index (χ3n) is 3.04. The average Bonchev–Trinajstić information content (AvgIpc) is 2.26. The molecule has 0 saturated carbocycles. The van der Waals surface area contributed by atoms with E-state index in [0.717, 1.165) is 5.56 Å². The third kappa shape index (κ3) is 4.37. The van der Waals surface area contributed by atoms with Crippen LogP contribution in [0.5, 0.6) is 0 Å². The zero-order chi connectivity index (χ0) is 14.8. The van der Waals surface area contributed by atoms with Gasteiger partial charge in [-0.3, -0.25) is 9.69 Å². The first-order valence-electron chi connectivity index (χ1n) is 6.06. The number of hydrogen-bond acceptors (Lipinski definition) is 2. The smallest absolute Gasteiger partial charge is 0.317 e. The molecular formula is C14H19Cl2NO2. The number of hydrogen-bond donors (Lipinski definition) is 1. The Morgan fingerprint density at radius 3 is 2.42 bits per heavy atom. The largest absolute Gasteiger partial charge is 0.480 e. The molecule has 1 aromatic carbocycles. The van der Waals surface area contributed by atoms with Gasteiger partial charge >= 0.3 is 5.97 Å². The van der Waals surface area contributed by atoms with Crippen molar-refractivity contribution in [2.45, 2.75) is 39.3 Å². The lowest BCUT2D eigenvalue weighted by Crippen LogP contribution is -2.45. The summed E-state index contributed by atoms with van der Waals surface area (Å²) in [5, 5.41) is 10.3. The molecule has 19 heavy (non-hydrogen) atoms. The Morgan fingerprint density at radius 2 is 1.95 bits per heavy atom. The van der Waals surface area contributed by atoms with E-state index < -0.39 is 5.97 Å². The molecule has 0 saturated heterocycles. The lowest BCUT2D eigenvalue weighted by atomic mass is 9.99. The summed E-state index contributed by atoms with van der Waals surface area (Å²) in [4.78, 5) is 12.9. The molecule has 0 aromatic heterocycles. The van der Waals surface area contributed by atoms with Crippen LogP contribution in [0.3, 0.4) is 0 Å². The predicted molar refractivity (Wildman–Crippen MR) is 79.0 cm³/mol. The molecule has 0 heterocycles. The van der Waals surface area contributed by atoms with E-state index in [1.54, 1.807) is 18.2 Å². The molecule has 1 aromatic rings. The Labute approximate surface area is 124 Å². The Balaban J connectivity index is 3.15. The fourth-order valence-electron chi connectivity index (χ4n) is 2.10. The first kappa shape index (κ1) is 16.3. The van der Waals surface area contributed by atoms with E-state index in [9.17, 15) is 4.79 Å². The number of rotatable bonds is 4. The highest BCUT2D eigenvalue weighted by molar-refractivity contribution is 6.33. The molecule has 1 rings (SSSR count). The highest BCUT2D eigenvalue weighted by atomic mass is 35.5. The van der Waals surface area contributed by atoms with Gasteiger partial charge in [-0.1, -0.05) is 23.2 Å². The molecule has 0 fully saturated rings. The Hall–Kier alpha value is -0.770. The van der Waals surface area contributed by atoms with Crippen molar-refractivity contribution < 1.29 is 9.90 Å². The van der Waals surface area contributed by atoms with E-state index in [0.29, 0.717) is 10.0 Å². The summed E-state index contributed by atoms with van der Waals surface area (Å²) in [6.45, 7) is 7.82. The number of carbonyl (C=O) groups is 1. The molecule has 0 aliphatic rings. The zero-order valence-electron chi connectivity index (χ0n) is 11.6. The summed E-state index contributed by atoms with van der Waals surface area (Å²) in [6, 6.07) is 5.10. The van der Waals surface area contributed by atoms with Crippen LogP contribution in [0.1, 0.15) is 39.3 Å². The molecule has 0 aliphatic carbocycles. The molecule has 0 radical (unpaired) electrons. The molecule has 3 nitrogen and oxygen atoms in total. The Kier molecular flexibility index (Phi) is 5.25. The zero-order valence-corrected chi connectivity index (χ0v) is 13.1. The number of aliphatic carboxylic acids is 1. The van der Waals surface area contributed by atoms with Crippen LogP contribution >= 0.6 is 23.2 Å². The summed E-state index contributed by atoms with van der Waals surface area (Å²) in [7, 11) is 0. The van der Waals surface area contributed by atoms with Crippen LogP contribution in [0.25, 0.3) is 0 Å². The van der Waals surface area contributed by atoms with Crippen LogP contribution in [0.4, 0.5) is 0 Å². The summed E-state index contributed by atoms with van der Waals surface area (Å²) < 4.78 is 0. The van der Waals surface area contributed by atoms with Gasteiger partial charge in [0.15, 0.2) is 0 Å². The van der Waals surface area contributed by atoms with Gasteiger partial charge in [0.25, 0.3) is 0 Å². The minimum Gasteiger partial charge on any atom is -0.480 e. The molecule has 0 bridgehead atoms. The van der Waals surface area contributed by atoms with Gasteiger partial charge in [0.1, 0.15) is 0 Å². The maximum absolute atomic E-state index is 11.0. The van der Waals surface area contributed by atoms with Gasteiger partial charge in [-0.2, -0.15) is 0 Å². The Bertz CT molecular complexity index is 469. The second-order valence-corrected chi connectivity index (χ2v) is 6.38. The van der Waals surface area contributed by atoms with Crippen LogP contribution in [-0.4, -0.2) is 28.1 Å². The van der Waals surface area contributed by atoms with Crippen LogP contribution in [0, 0.1) is 0 Å². The SMILES string of the molecule is CC(c1cc(Cl)ccc1Cl)N(CC(=O)O)C(C)(C)C. The summed E-state index contributed by atoms with van der Waals surface area (Å²) in [5.41, 5.74) is 0.550. The Morgan fingerprint density at radius 1 is 1.37 bits per heavy atom. The van der Waals surface area contributed by atoms with Crippen LogP contribution in [-0.2, 0) is 4.79 Å². The van der Waals surface area contributed by atoms with E-state index in [-0.39, 0.29) is 18.1 Å². The van der Waals surface area contributed by atoms with Crippen molar-refractivity contribution in [3.8, 4) is 0 Å². The maximum Gasteiger partial charge on any atom is 0.317 e. The minimum atomic E-state index is -0.861. The van der Waals surface area contributed by atoms with Crippen molar-refractivity contribution in [3.05, 3.63) is 33.8 Å². The van der Waals surface area contributed by atoms with E-state index in [4.69, 9.17) is 28.3 Å². The number of benzene rings is 1. The average molecular weight is 304 g/mol. The van der Waals surface area contributed by atoms with Crippen molar-refractivity contribution in [1.82, 2.24) is 4.90 Å². The van der Waals surface area contributed by atoms with Gasteiger partial charge in [0, 0.05) is 21.6 Å². The van der Waals surface area contributed by atoms with Gasteiger partial charge in [-0.05, 0) is 51.5 Å². The third-order valence-corrected chi connectivity index (χ3v) is 3.62. The van der Waals surface area contributed by atoms with E-state index in [2.05, 4.69) is 0 Å². The monoisotopic (exact) mass is 303 g/mol.